The van der Waals surface area contributed by atoms with Gasteiger partial charge in [0.2, 0.25) is 0 Å². The lowest BCUT2D eigenvalue weighted by Crippen LogP contribution is -1.98. The number of H-pyrrole nitrogens is 1. The van der Waals surface area contributed by atoms with Crippen LogP contribution in [0.3, 0.4) is 0 Å². The summed E-state index contributed by atoms with van der Waals surface area (Å²) >= 11 is 0. The molecule has 0 aliphatic heterocycles. The zero-order valence-corrected chi connectivity index (χ0v) is 7.24. The van der Waals surface area contributed by atoms with E-state index in [2.05, 4.69) is 4.98 Å². The molecule has 2 aromatic rings. The number of hydrogen-bond acceptors (Lipinski definition) is 1. The highest BCUT2D eigenvalue weighted by atomic mass is 19.2. The van der Waals surface area contributed by atoms with E-state index in [1.807, 2.05) is 0 Å². The zero-order chi connectivity index (χ0) is 11.2. The number of aliphatic hydroxyl groups is 1. The molecule has 0 amide bonds. The van der Waals surface area contributed by atoms with Crippen molar-refractivity contribution in [1.82, 2.24) is 4.98 Å². The van der Waals surface area contributed by atoms with Gasteiger partial charge in [0.05, 0.1) is 12.1 Å². The molecule has 0 radical (unpaired) electrons. The SMILES string of the molecule is OCc1c[nH]c2c(F)c(F)c(F)c(F)c12. The number of rotatable bonds is 1. The van der Waals surface area contributed by atoms with E-state index in [-0.39, 0.29) is 5.56 Å². The molecule has 0 aliphatic rings. The molecule has 2 N–H and O–H groups in total. The summed E-state index contributed by atoms with van der Waals surface area (Å²) in [6, 6.07) is 0. The van der Waals surface area contributed by atoms with Crippen molar-refractivity contribution < 1.29 is 22.7 Å². The van der Waals surface area contributed by atoms with Crippen molar-refractivity contribution in [3.05, 3.63) is 35.0 Å². The average Bonchev–Trinajstić information content (AvgIpc) is 2.67. The lowest BCUT2D eigenvalue weighted by Gasteiger charge is -2.01. The van der Waals surface area contributed by atoms with Gasteiger partial charge in [-0.1, -0.05) is 0 Å². The summed E-state index contributed by atoms with van der Waals surface area (Å²) in [7, 11) is 0. The van der Waals surface area contributed by atoms with Crippen molar-refractivity contribution >= 4 is 10.9 Å². The molecule has 0 atom stereocenters. The topological polar surface area (TPSA) is 36.0 Å². The van der Waals surface area contributed by atoms with Crippen molar-refractivity contribution in [2.75, 3.05) is 0 Å². The fraction of sp³-hybridized carbons (Fsp3) is 0.111. The van der Waals surface area contributed by atoms with E-state index in [0.717, 1.165) is 6.20 Å². The van der Waals surface area contributed by atoms with Gasteiger partial charge in [0, 0.05) is 17.1 Å². The first-order valence-electron chi connectivity index (χ1n) is 4.00. The van der Waals surface area contributed by atoms with E-state index < -0.39 is 40.8 Å². The Balaban J connectivity index is 2.97. The van der Waals surface area contributed by atoms with Crippen LogP contribution in [0.5, 0.6) is 0 Å². The van der Waals surface area contributed by atoms with Crippen LogP contribution in [0.4, 0.5) is 17.6 Å². The Morgan fingerprint density at radius 3 is 2.20 bits per heavy atom. The molecule has 0 spiro atoms. The minimum absolute atomic E-state index is 0.0275. The second kappa shape index (κ2) is 3.23. The summed E-state index contributed by atoms with van der Waals surface area (Å²) < 4.78 is 51.9. The third-order valence-electron chi connectivity index (χ3n) is 2.15. The number of aliphatic hydroxyl groups excluding tert-OH is 1. The number of nitrogens with one attached hydrogen (secondary N) is 1. The molecular formula is C9H5F4NO. The van der Waals surface area contributed by atoms with E-state index in [4.69, 9.17) is 5.11 Å². The Kier molecular flexibility index (Phi) is 2.15. The van der Waals surface area contributed by atoms with Crippen molar-refractivity contribution in [2.45, 2.75) is 6.61 Å². The van der Waals surface area contributed by atoms with Gasteiger partial charge in [-0.05, 0) is 0 Å². The average molecular weight is 219 g/mol. The van der Waals surface area contributed by atoms with Gasteiger partial charge >= 0.3 is 0 Å². The minimum atomic E-state index is -1.88. The molecule has 6 heteroatoms. The van der Waals surface area contributed by atoms with Crippen molar-refractivity contribution in [1.29, 1.82) is 0 Å². The van der Waals surface area contributed by atoms with Crippen LogP contribution >= 0.6 is 0 Å². The van der Waals surface area contributed by atoms with Gasteiger partial charge in [-0.25, -0.2) is 17.6 Å². The smallest absolute Gasteiger partial charge is 0.199 e. The molecule has 80 valence electrons. The molecule has 15 heavy (non-hydrogen) atoms. The van der Waals surface area contributed by atoms with Crippen LogP contribution in [0.1, 0.15) is 5.56 Å². The normalized spacial score (nSPS) is 11.3. The van der Waals surface area contributed by atoms with Crippen LogP contribution in [0, 0.1) is 23.3 Å². The predicted molar refractivity (Wildman–Crippen MR) is 44.1 cm³/mol. The molecule has 0 fully saturated rings. The Morgan fingerprint density at radius 1 is 1.00 bits per heavy atom. The monoisotopic (exact) mass is 219 g/mol. The summed E-state index contributed by atoms with van der Waals surface area (Å²) in [6.07, 6.45) is 1.09. The molecule has 1 aromatic carbocycles. The highest BCUT2D eigenvalue weighted by molar-refractivity contribution is 5.84. The number of aromatic amines is 1. The summed E-state index contributed by atoms with van der Waals surface area (Å²) in [5.41, 5.74) is -0.518. The Hall–Kier alpha value is -1.56. The van der Waals surface area contributed by atoms with Crippen LogP contribution in [0.15, 0.2) is 6.20 Å². The molecule has 0 unspecified atom stereocenters. The first kappa shape index (κ1) is 9.97. The van der Waals surface area contributed by atoms with Gasteiger partial charge in [0.15, 0.2) is 23.3 Å². The van der Waals surface area contributed by atoms with E-state index in [9.17, 15) is 17.6 Å². The molecule has 0 aliphatic carbocycles. The largest absolute Gasteiger partial charge is 0.392 e. The Morgan fingerprint density at radius 2 is 1.60 bits per heavy atom. The number of benzene rings is 1. The number of fused-ring (bicyclic) bond motifs is 1. The minimum Gasteiger partial charge on any atom is -0.392 e. The number of hydrogen-bond donors (Lipinski definition) is 2. The molecule has 0 bridgehead atoms. The Labute approximate surface area is 81.1 Å². The second-order valence-electron chi connectivity index (χ2n) is 2.98. The lowest BCUT2D eigenvalue weighted by atomic mass is 10.1. The van der Waals surface area contributed by atoms with E-state index in [0.29, 0.717) is 0 Å². The fourth-order valence-corrected chi connectivity index (χ4v) is 1.42. The maximum Gasteiger partial charge on any atom is 0.199 e. The zero-order valence-electron chi connectivity index (χ0n) is 7.24. The maximum absolute atomic E-state index is 13.2. The molecule has 2 rings (SSSR count). The van der Waals surface area contributed by atoms with Crippen molar-refractivity contribution in [2.24, 2.45) is 0 Å². The molecule has 0 saturated heterocycles. The molecule has 1 aromatic heterocycles. The van der Waals surface area contributed by atoms with Gasteiger partial charge < -0.3 is 10.1 Å². The quantitative estimate of drug-likeness (QED) is 0.430. The molecule has 2 nitrogen and oxygen atoms in total. The third-order valence-corrected chi connectivity index (χ3v) is 2.15. The van der Waals surface area contributed by atoms with Crippen molar-refractivity contribution in [3.8, 4) is 0 Å². The van der Waals surface area contributed by atoms with Crippen molar-refractivity contribution in [3.63, 3.8) is 0 Å². The molecular weight excluding hydrogens is 214 g/mol. The van der Waals surface area contributed by atoms with Gasteiger partial charge in [-0.15, -0.1) is 0 Å². The number of aromatic nitrogens is 1. The van der Waals surface area contributed by atoms with Gasteiger partial charge in [0.1, 0.15) is 0 Å². The maximum atomic E-state index is 13.2. The Bertz CT molecular complexity index is 535. The summed E-state index contributed by atoms with van der Waals surface area (Å²) in [5.74, 6) is -6.75. The highest BCUT2D eigenvalue weighted by Gasteiger charge is 2.23. The third kappa shape index (κ3) is 1.21. The summed E-state index contributed by atoms with van der Waals surface area (Å²) in [4.78, 5) is 2.23. The first-order valence-corrected chi connectivity index (χ1v) is 4.00. The van der Waals surface area contributed by atoms with Crippen LogP contribution in [0.25, 0.3) is 10.9 Å². The lowest BCUT2D eigenvalue weighted by molar-refractivity contribution is 0.283. The second-order valence-corrected chi connectivity index (χ2v) is 2.98. The van der Waals surface area contributed by atoms with Crippen LogP contribution in [-0.4, -0.2) is 10.1 Å². The van der Waals surface area contributed by atoms with E-state index in [1.54, 1.807) is 0 Å². The highest BCUT2D eigenvalue weighted by Crippen LogP contribution is 2.28. The van der Waals surface area contributed by atoms with Crippen LogP contribution < -0.4 is 0 Å². The molecule has 1 heterocycles. The number of halogens is 4. The van der Waals surface area contributed by atoms with Gasteiger partial charge in [-0.2, -0.15) is 0 Å². The first-order chi connectivity index (χ1) is 7.07. The fourth-order valence-electron chi connectivity index (χ4n) is 1.42. The summed E-state index contributed by atoms with van der Waals surface area (Å²) in [6.45, 7) is -0.596. The van der Waals surface area contributed by atoms with Gasteiger partial charge in [-0.3, -0.25) is 0 Å². The summed E-state index contributed by atoms with van der Waals surface area (Å²) in [5, 5.41) is 8.31. The van der Waals surface area contributed by atoms with Crippen LogP contribution in [-0.2, 0) is 6.61 Å². The standard InChI is InChI=1S/C9H5F4NO/c10-5-4-3(2-15)1-14-9(4)8(13)7(12)6(5)11/h1,14-15H,2H2. The van der Waals surface area contributed by atoms with E-state index >= 15 is 0 Å². The molecule has 0 saturated carbocycles. The van der Waals surface area contributed by atoms with E-state index in [1.165, 1.54) is 0 Å². The predicted octanol–water partition coefficient (Wildman–Crippen LogP) is 2.22. The van der Waals surface area contributed by atoms with Gasteiger partial charge in [0.25, 0.3) is 0 Å². The van der Waals surface area contributed by atoms with Crippen LogP contribution in [0.2, 0.25) is 0 Å².